The van der Waals surface area contributed by atoms with Gasteiger partial charge in [0.2, 0.25) is 5.91 Å². The summed E-state index contributed by atoms with van der Waals surface area (Å²) in [7, 11) is 0. The predicted molar refractivity (Wildman–Crippen MR) is 62.8 cm³/mol. The van der Waals surface area contributed by atoms with Crippen LogP contribution in [0.4, 0.5) is 5.69 Å². The lowest BCUT2D eigenvalue weighted by Crippen LogP contribution is -2.45. The molecule has 86 valence electrons. The summed E-state index contributed by atoms with van der Waals surface area (Å²) in [4.78, 5) is 11.6. The molecule has 1 amide bonds. The maximum atomic E-state index is 11.6. The smallest absolute Gasteiger partial charge is 0.243 e. The van der Waals surface area contributed by atoms with Crippen LogP contribution >= 0.6 is 0 Å². The predicted octanol–water partition coefficient (Wildman–Crippen LogP) is 1.11. The number of carbonyl (C=O) groups excluding carboxylic acids is 1. The summed E-state index contributed by atoms with van der Waals surface area (Å²) in [6.07, 6.45) is 0. The van der Waals surface area contributed by atoms with Gasteiger partial charge in [0.1, 0.15) is 12.1 Å². The normalized spacial score (nSPS) is 10.2. The number of nitrogens with zero attached hydrogens (tertiary/aromatic N) is 2. The van der Waals surface area contributed by atoms with Crippen molar-refractivity contribution in [2.75, 3.05) is 5.32 Å². The molecule has 0 fully saturated rings. The molecular formula is C12H12N4O. The molecule has 0 aliphatic rings. The fourth-order valence-electron chi connectivity index (χ4n) is 1.10. The van der Waals surface area contributed by atoms with Gasteiger partial charge < -0.3 is 11.1 Å². The SMILES string of the molecule is CC(C)(N)C(=O)Nc1ccc(C#N)c(C#N)c1. The minimum atomic E-state index is -0.999. The van der Waals surface area contributed by atoms with Crippen molar-refractivity contribution in [1.29, 1.82) is 10.5 Å². The molecule has 0 saturated carbocycles. The largest absolute Gasteiger partial charge is 0.324 e. The highest BCUT2D eigenvalue weighted by molar-refractivity contribution is 5.97. The lowest BCUT2D eigenvalue weighted by atomic mass is 10.1. The van der Waals surface area contributed by atoms with E-state index >= 15 is 0 Å². The highest BCUT2D eigenvalue weighted by Crippen LogP contribution is 2.15. The van der Waals surface area contributed by atoms with Crippen LogP contribution in [0.25, 0.3) is 0 Å². The molecular weight excluding hydrogens is 216 g/mol. The third kappa shape index (κ3) is 3.04. The first-order valence-corrected chi connectivity index (χ1v) is 4.93. The second-order valence-corrected chi connectivity index (χ2v) is 4.16. The molecule has 0 atom stereocenters. The molecule has 1 aromatic rings. The first-order chi connectivity index (χ1) is 7.88. The Labute approximate surface area is 99.5 Å². The van der Waals surface area contributed by atoms with Crippen molar-refractivity contribution < 1.29 is 4.79 Å². The molecule has 0 unspecified atom stereocenters. The maximum Gasteiger partial charge on any atom is 0.243 e. The molecule has 0 aliphatic heterocycles. The molecule has 0 aliphatic carbocycles. The van der Waals surface area contributed by atoms with E-state index in [-0.39, 0.29) is 17.0 Å². The van der Waals surface area contributed by atoms with Gasteiger partial charge in [-0.3, -0.25) is 4.79 Å². The number of anilines is 1. The number of nitrogens with two attached hydrogens (primary N) is 1. The molecule has 3 N–H and O–H groups in total. The molecule has 1 rings (SSSR count). The Morgan fingerprint density at radius 3 is 2.35 bits per heavy atom. The Balaban J connectivity index is 3.01. The van der Waals surface area contributed by atoms with Crippen molar-refractivity contribution in [3.8, 4) is 12.1 Å². The molecule has 0 bridgehead atoms. The Hall–Kier alpha value is -2.37. The lowest BCUT2D eigenvalue weighted by molar-refractivity contribution is -0.120. The average Bonchev–Trinajstić information content (AvgIpc) is 2.27. The number of benzene rings is 1. The number of amides is 1. The van der Waals surface area contributed by atoms with Crippen LogP contribution in [0.5, 0.6) is 0 Å². The van der Waals surface area contributed by atoms with Crippen molar-refractivity contribution in [1.82, 2.24) is 0 Å². The van der Waals surface area contributed by atoms with E-state index in [1.54, 1.807) is 19.9 Å². The number of carbonyl (C=O) groups is 1. The van der Waals surface area contributed by atoms with Gasteiger partial charge in [-0.05, 0) is 32.0 Å². The highest BCUT2D eigenvalue weighted by Gasteiger charge is 2.21. The Kier molecular flexibility index (Phi) is 3.47. The van der Waals surface area contributed by atoms with E-state index in [0.29, 0.717) is 5.69 Å². The molecule has 0 aromatic heterocycles. The van der Waals surface area contributed by atoms with Crippen molar-refractivity contribution in [2.45, 2.75) is 19.4 Å². The average molecular weight is 228 g/mol. The van der Waals surface area contributed by atoms with Crippen molar-refractivity contribution >= 4 is 11.6 Å². The van der Waals surface area contributed by atoms with Crippen molar-refractivity contribution in [2.24, 2.45) is 5.73 Å². The summed E-state index contributed by atoms with van der Waals surface area (Å²) >= 11 is 0. The van der Waals surface area contributed by atoms with Gasteiger partial charge >= 0.3 is 0 Å². The second-order valence-electron chi connectivity index (χ2n) is 4.16. The van der Waals surface area contributed by atoms with Gasteiger partial charge in [-0.1, -0.05) is 0 Å². The third-order valence-corrected chi connectivity index (χ3v) is 2.10. The van der Waals surface area contributed by atoms with Crippen LogP contribution in [0.15, 0.2) is 18.2 Å². The Morgan fingerprint density at radius 1 is 1.29 bits per heavy atom. The molecule has 0 spiro atoms. The van der Waals surface area contributed by atoms with Crippen LogP contribution in [0, 0.1) is 22.7 Å². The van der Waals surface area contributed by atoms with E-state index < -0.39 is 5.54 Å². The number of nitriles is 2. The van der Waals surface area contributed by atoms with Gasteiger partial charge in [0.25, 0.3) is 0 Å². The Morgan fingerprint density at radius 2 is 1.88 bits per heavy atom. The van der Waals surface area contributed by atoms with Crippen LogP contribution in [0.1, 0.15) is 25.0 Å². The Bertz CT molecular complexity index is 529. The van der Waals surface area contributed by atoms with Crippen LogP contribution < -0.4 is 11.1 Å². The van der Waals surface area contributed by atoms with E-state index in [4.69, 9.17) is 16.3 Å². The van der Waals surface area contributed by atoms with Crippen LogP contribution in [0.2, 0.25) is 0 Å². The number of rotatable bonds is 2. The molecule has 5 nitrogen and oxygen atoms in total. The van der Waals surface area contributed by atoms with E-state index in [1.807, 2.05) is 12.1 Å². The van der Waals surface area contributed by atoms with E-state index in [1.165, 1.54) is 12.1 Å². The second kappa shape index (κ2) is 4.65. The van der Waals surface area contributed by atoms with Crippen LogP contribution in [-0.2, 0) is 4.79 Å². The number of hydrogen-bond acceptors (Lipinski definition) is 4. The maximum absolute atomic E-state index is 11.6. The molecule has 1 aromatic carbocycles. The van der Waals surface area contributed by atoms with E-state index in [9.17, 15) is 4.79 Å². The van der Waals surface area contributed by atoms with Crippen molar-refractivity contribution in [3.05, 3.63) is 29.3 Å². The van der Waals surface area contributed by atoms with Gasteiger partial charge in [-0.15, -0.1) is 0 Å². The van der Waals surface area contributed by atoms with Gasteiger partial charge in [0.15, 0.2) is 0 Å². The van der Waals surface area contributed by atoms with Crippen molar-refractivity contribution in [3.63, 3.8) is 0 Å². The standard InChI is InChI=1S/C12H12N4O/c1-12(2,15)11(17)16-10-4-3-8(6-13)9(5-10)7-14/h3-5H,15H2,1-2H3,(H,16,17). The zero-order valence-corrected chi connectivity index (χ0v) is 9.61. The summed E-state index contributed by atoms with van der Waals surface area (Å²) in [5, 5.41) is 20.2. The fraction of sp³-hybridized carbons (Fsp3) is 0.250. The van der Waals surface area contributed by atoms with Gasteiger partial charge in [0.05, 0.1) is 16.7 Å². The first-order valence-electron chi connectivity index (χ1n) is 4.93. The molecule has 0 heterocycles. The zero-order chi connectivity index (χ0) is 13.1. The van der Waals surface area contributed by atoms with E-state index in [0.717, 1.165) is 0 Å². The quantitative estimate of drug-likeness (QED) is 0.791. The summed E-state index contributed by atoms with van der Waals surface area (Å²) < 4.78 is 0. The minimum Gasteiger partial charge on any atom is -0.324 e. The number of nitrogens with one attached hydrogen (secondary N) is 1. The molecule has 0 saturated heterocycles. The summed E-state index contributed by atoms with van der Waals surface area (Å²) in [6, 6.07) is 8.28. The number of hydrogen-bond donors (Lipinski definition) is 2. The van der Waals surface area contributed by atoms with Gasteiger partial charge in [-0.25, -0.2) is 0 Å². The van der Waals surface area contributed by atoms with Crippen LogP contribution in [0.3, 0.4) is 0 Å². The fourth-order valence-corrected chi connectivity index (χ4v) is 1.10. The lowest BCUT2D eigenvalue weighted by Gasteiger charge is -2.17. The zero-order valence-electron chi connectivity index (χ0n) is 9.61. The van der Waals surface area contributed by atoms with Gasteiger partial charge in [0, 0.05) is 5.69 Å². The molecule has 5 heteroatoms. The van der Waals surface area contributed by atoms with Crippen LogP contribution in [-0.4, -0.2) is 11.4 Å². The van der Waals surface area contributed by atoms with Gasteiger partial charge in [-0.2, -0.15) is 10.5 Å². The third-order valence-electron chi connectivity index (χ3n) is 2.10. The highest BCUT2D eigenvalue weighted by atomic mass is 16.2. The monoisotopic (exact) mass is 228 g/mol. The summed E-state index contributed by atoms with van der Waals surface area (Å²) in [6.45, 7) is 3.16. The summed E-state index contributed by atoms with van der Waals surface area (Å²) in [5.74, 6) is -0.355. The minimum absolute atomic E-state index is 0.222. The molecule has 17 heavy (non-hydrogen) atoms. The first kappa shape index (κ1) is 12.7. The topological polar surface area (TPSA) is 103 Å². The van der Waals surface area contributed by atoms with E-state index in [2.05, 4.69) is 5.32 Å². The molecule has 0 radical (unpaired) electrons. The summed E-state index contributed by atoms with van der Waals surface area (Å²) in [5.41, 5.74) is 5.57.